The molecule has 1 fully saturated rings. The van der Waals surface area contributed by atoms with Gasteiger partial charge in [0.05, 0.1) is 0 Å². The normalized spacial score (nSPS) is 36.1. The van der Waals surface area contributed by atoms with E-state index in [1.165, 1.54) is 24.2 Å². The summed E-state index contributed by atoms with van der Waals surface area (Å²) < 4.78 is 27.6. The van der Waals surface area contributed by atoms with Crippen molar-refractivity contribution in [1.82, 2.24) is 9.03 Å². The molecule has 0 spiro atoms. The second-order valence-electron chi connectivity index (χ2n) is 6.45. The van der Waals surface area contributed by atoms with Gasteiger partial charge in [-0.15, -0.1) is 0 Å². The molecule has 0 saturated heterocycles. The zero-order valence-electron chi connectivity index (χ0n) is 13.3. The Bertz CT molecular complexity index is 532. The number of rotatable bonds is 0. The molecule has 7 heteroatoms. The van der Waals surface area contributed by atoms with E-state index in [1.807, 2.05) is 6.08 Å². The summed E-state index contributed by atoms with van der Waals surface area (Å²) in [5, 5.41) is 0. The molecule has 3 N–H and O–H groups in total. The Kier molecular flexibility index (Phi) is 5.63. The molecule has 0 bridgehead atoms. The summed E-state index contributed by atoms with van der Waals surface area (Å²) in [6, 6.07) is 0. The van der Waals surface area contributed by atoms with Crippen LogP contribution in [0.3, 0.4) is 0 Å². The first kappa shape index (κ1) is 17.4. The van der Waals surface area contributed by atoms with Crippen LogP contribution in [-0.4, -0.2) is 37.8 Å². The van der Waals surface area contributed by atoms with Gasteiger partial charge in [0.15, 0.2) is 0 Å². The molecule has 0 aromatic heterocycles. The third-order valence-electron chi connectivity index (χ3n) is 4.58. The molecule has 1 amide bonds. The van der Waals surface area contributed by atoms with Crippen molar-refractivity contribution in [1.29, 1.82) is 0 Å². The van der Waals surface area contributed by atoms with E-state index < -0.39 is 21.7 Å². The van der Waals surface area contributed by atoms with Crippen molar-refractivity contribution < 1.29 is 13.2 Å². The van der Waals surface area contributed by atoms with E-state index in [1.54, 1.807) is 0 Å². The zero-order valence-corrected chi connectivity index (χ0v) is 14.1. The summed E-state index contributed by atoms with van der Waals surface area (Å²) in [5.41, 5.74) is 4.95. The lowest BCUT2D eigenvalue weighted by molar-refractivity contribution is -0.121. The van der Waals surface area contributed by atoms with Crippen LogP contribution in [-0.2, 0) is 15.0 Å². The smallest absolute Gasteiger partial charge is 0.303 e. The van der Waals surface area contributed by atoms with Crippen LogP contribution in [0.15, 0.2) is 12.2 Å². The van der Waals surface area contributed by atoms with Gasteiger partial charge in [0, 0.05) is 19.5 Å². The van der Waals surface area contributed by atoms with Gasteiger partial charge in [0.1, 0.15) is 5.54 Å². The number of nitrogens with two attached hydrogens (primary N) is 1. The van der Waals surface area contributed by atoms with Crippen molar-refractivity contribution in [2.75, 3.05) is 13.6 Å². The Balaban J connectivity index is 2.04. The predicted octanol–water partition coefficient (Wildman–Crippen LogP) is 1.30. The fourth-order valence-corrected chi connectivity index (χ4v) is 3.73. The number of hydrogen-bond donors (Lipinski definition) is 2. The number of carbonyl (C=O) groups is 1. The molecule has 1 saturated carbocycles. The molecule has 0 radical (unpaired) electrons. The molecular weight excluding hydrogens is 302 g/mol. The SMILES string of the molecule is CN1CCCCCCCC/C=C/[C@@H]2C[C@]2(N)C(=O)NS1(=O)=O. The average Bonchev–Trinajstić information content (AvgIpc) is 3.11. The minimum atomic E-state index is -3.79. The van der Waals surface area contributed by atoms with Gasteiger partial charge >= 0.3 is 10.2 Å². The molecule has 1 heterocycles. The molecular formula is C15H27N3O3S. The molecule has 126 valence electrons. The van der Waals surface area contributed by atoms with Gasteiger partial charge in [0.2, 0.25) is 0 Å². The third kappa shape index (κ3) is 4.30. The average molecular weight is 329 g/mol. The summed E-state index contributed by atoms with van der Waals surface area (Å²) in [6.45, 7) is 0.420. The summed E-state index contributed by atoms with van der Waals surface area (Å²) in [4.78, 5) is 12.2. The van der Waals surface area contributed by atoms with Crippen LogP contribution >= 0.6 is 0 Å². The summed E-state index contributed by atoms with van der Waals surface area (Å²) in [7, 11) is -2.30. The zero-order chi connectivity index (χ0) is 16.2. The standard InChI is InChI=1S/C15H27N3O3S/c1-18-11-9-7-5-3-2-4-6-8-10-13-12-15(13,16)14(19)17-22(18,20)21/h8,10,13H,2-7,9,11-12,16H2,1H3,(H,17,19)/b10-8+/t13-,15-/m1/s1. The highest BCUT2D eigenvalue weighted by Gasteiger charge is 2.56. The highest BCUT2D eigenvalue weighted by molar-refractivity contribution is 7.87. The van der Waals surface area contributed by atoms with E-state index in [4.69, 9.17) is 5.73 Å². The van der Waals surface area contributed by atoms with Crippen LogP contribution in [0.25, 0.3) is 0 Å². The molecule has 2 aliphatic rings. The third-order valence-corrected chi connectivity index (χ3v) is 6.02. The fourth-order valence-electron chi connectivity index (χ4n) is 2.78. The lowest BCUT2D eigenvalue weighted by atomic mass is 10.1. The quantitative estimate of drug-likeness (QED) is 0.655. The first-order valence-electron chi connectivity index (χ1n) is 8.10. The van der Waals surface area contributed by atoms with Crippen molar-refractivity contribution in [3.63, 3.8) is 0 Å². The lowest BCUT2D eigenvalue weighted by Crippen LogP contribution is -2.50. The lowest BCUT2D eigenvalue weighted by Gasteiger charge is -2.19. The van der Waals surface area contributed by atoms with Crippen LogP contribution in [0, 0.1) is 5.92 Å². The summed E-state index contributed by atoms with van der Waals surface area (Å²) in [6.07, 6.45) is 12.0. The molecule has 0 aromatic rings. The summed E-state index contributed by atoms with van der Waals surface area (Å²) >= 11 is 0. The molecule has 2 rings (SSSR count). The van der Waals surface area contributed by atoms with E-state index >= 15 is 0 Å². The molecule has 2 atom stereocenters. The minimum absolute atomic E-state index is 0.0547. The Morgan fingerprint density at radius 1 is 1.23 bits per heavy atom. The Hall–Kier alpha value is -0.920. The van der Waals surface area contributed by atoms with Crippen LogP contribution in [0.4, 0.5) is 0 Å². The van der Waals surface area contributed by atoms with E-state index in [0.717, 1.165) is 32.1 Å². The van der Waals surface area contributed by atoms with Crippen LogP contribution in [0.1, 0.15) is 51.4 Å². The maximum atomic E-state index is 12.2. The van der Waals surface area contributed by atoms with Gasteiger partial charge < -0.3 is 5.73 Å². The maximum Gasteiger partial charge on any atom is 0.303 e. The number of nitrogens with zero attached hydrogens (tertiary/aromatic N) is 1. The number of carbonyl (C=O) groups excluding carboxylic acids is 1. The van der Waals surface area contributed by atoms with Crippen molar-refractivity contribution >= 4 is 16.1 Å². The van der Waals surface area contributed by atoms with E-state index in [0.29, 0.717) is 13.0 Å². The van der Waals surface area contributed by atoms with Gasteiger partial charge in [-0.2, -0.15) is 12.7 Å². The number of fused-ring (bicyclic) bond motifs is 1. The number of amides is 1. The Morgan fingerprint density at radius 2 is 1.86 bits per heavy atom. The second kappa shape index (κ2) is 7.10. The van der Waals surface area contributed by atoms with Crippen LogP contribution in [0.2, 0.25) is 0 Å². The van der Waals surface area contributed by atoms with Gasteiger partial charge in [0.25, 0.3) is 5.91 Å². The largest absolute Gasteiger partial charge is 0.317 e. The Labute approximate surface area is 133 Å². The monoisotopic (exact) mass is 329 g/mol. The molecule has 22 heavy (non-hydrogen) atoms. The van der Waals surface area contributed by atoms with E-state index in [2.05, 4.69) is 10.8 Å². The first-order chi connectivity index (χ1) is 10.4. The maximum absolute atomic E-state index is 12.2. The first-order valence-corrected chi connectivity index (χ1v) is 9.54. The van der Waals surface area contributed by atoms with Crippen molar-refractivity contribution in [2.24, 2.45) is 11.7 Å². The van der Waals surface area contributed by atoms with Gasteiger partial charge in [-0.1, -0.05) is 37.8 Å². The van der Waals surface area contributed by atoms with Crippen molar-refractivity contribution in [3.8, 4) is 0 Å². The van der Waals surface area contributed by atoms with Crippen LogP contribution < -0.4 is 10.5 Å². The molecule has 6 nitrogen and oxygen atoms in total. The second-order valence-corrected chi connectivity index (χ2v) is 8.22. The topological polar surface area (TPSA) is 92.5 Å². The Morgan fingerprint density at radius 3 is 2.59 bits per heavy atom. The van der Waals surface area contributed by atoms with Gasteiger partial charge in [-0.3, -0.25) is 4.79 Å². The van der Waals surface area contributed by atoms with E-state index in [9.17, 15) is 13.2 Å². The van der Waals surface area contributed by atoms with Crippen molar-refractivity contribution in [2.45, 2.75) is 56.9 Å². The van der Waals surface area contributed by atoms with Crippen LogP contribution in [0.5, 0.6) is 0 Å². The number of hydrogen-bond acceptors (Lipinski definition) is 4. The fraction of sp³-hybridized carbons (Fsp3) is 0.800. The molecule has 1 aliphatic carbocycles. The minimum Gasteiger partial charge on any atom is -0.317 e. The number of nitrogens with one attached hydrogen (secondary N) is 1. The highest BCUT2D eigenvalue weighted by Crippen LogP contribution is 2.42. The summed E-state index contributed by atoms with van der Waals surface area (Å²) in [5.74, 6) is -0.651. The molecule has 0 unspecified atom stereocenters. The molecule has 1 aliphatic heterocycles. The van der Waals surface area contributed by atoms with Gasteiger partial charge in [-0.05, 0) is 25.7 Å². The van der Waals surface area contributed by atoms with Crippen molar-refractivity contribution in [3.05, 3.63) is 12.2 Å². The molecule has 0 aromatic carbocycles. The highest BCUT2D eigenvalue weighted by atomic mass is 32.2. The van der Waals surface area contributed by atoms with E-state index in [-0.39, 0.29) is 5.92 Å². The van der Waals surface area contributed by atoms with Gasteiger partial charge in [-0.25, -0.2) is 4.72 Å². The number of allylic oxidation sites excluding steroid dienone is 1. The predicted molar refractivity (Wildman–Crippen MR) is 86.2 cm³/mol.